The van der Waals surface area contributed by atoms with Gasteiger partial charge in [0.2, 0.25) is 0 Å². The number of hydrogen-bond donors (Lipinski definition) is 0. The number of hydrogen-bond acceptors (Lipinski definition) is 2. The first kappa shape index (κ1) is 16.8. The molecule has 1 radical (unpaired) electrons. The molecule has 0 atom stereocenters. The number of nitrogens with zero attached hydrogens (tertiary/aromatic N) is 2. The van der Waals surface area contributed by atoms with Gasteiger partial charge in [0.05, 0.1) is 7.11 Å². The van der Waals surface area contributed by atoms with Gasteiger partial charge in [-0.3, -0.25) is 0 Å². The Kier molecular flexibility index (Phi) is 5.81. The van der Waals surface area contributed by atoms with Crippen LogP contribution < -0.4 is 9.30 Å². The zero-order valence-corrected chi connectivity index (χ0v) is 15.4. The van der Waals surface area contributed by atoms with Gasteiger partial charge in [-0.1, -0.05) is 18.5 Å². The first-order valence-electron chi connectivity index (χ1n) is 6.68. The molecule has 4 heteroatoms. The van der Waals surface area contributed by atoms with Gasteiger partial charge in [-0.2, -0.15) is 18.2 Å². The maximum atomic E-state index is 5.55. The Hall–Kier alpha value is -1.58. The van der Waals surface area contributed by atoms with E-state index in [1.807, 2.05) is 49.6 Å². The van der Waals surface area contributed by atoms with E-state index in [-0.39, 0.29) is 32.7 Å². The molecule has 0 spiro atoms. The summed E-state index contributed by atoms with van der Waals surface area (Å²) in [6, 6.07) is 17.0. The third-order valence-electron chi connectivity index (χ3n) is 3.37. The standard InChI is InChI=1S/C18H15N2O.Y/c1-20-12-4-3-9-16(20)18-15(8-5-10-17(18)21-2)14-7-6-11-19-13-14;/h3-7,9-12H,1-2H3;/q-1;. The Morgan fingerprint density at radius 3 is 2.68 bits per heavy atom. The molecule has 0 saturated carbocycles. The molecule has 0 fully saturated rings. The molecule has 0 N–H and O–H groups in total. The van der Waals surface area contributed by atoms with Crippen molar-refractivity contribution < 1.29 is 42.0 Å². The number of rotatable bonds is 3. The largest absolute Gasteiger partial charge is 0.516 e. The van der Waals surface area contributed by atoms with Crippen molar-refractivity contribution in [1.82, 2.24) is 4.98 Å². The maximum Gasteiger partial charge on any atom is 0.168 e. The Morgan fingerprint density at radius 1 is 1.14 bits per heavy atom. The molecule has 22 heavy (non-hydrogen) atoms. The summed E-state index contributed by atoms with van der Waals surface area (Å²) in [7, 11) is 3.69. The summed E-state index contributed by atoms with van der Waals surface area (Å²) < 4.78 is 7.61. The third kappa shape index (κ3) is 3.26. The Labute approximate surface area is 155 Å². The second kappa shape index (κ2) is 7.62. The van der Waals surface area contributed by atoms with Gasteiger partial charge in [-0.05, 0) is 11.6 Å². The molecule has 0 unspecified atom stereocenters. The average Bonchev–Trinajstić information content (AvgIpc) is 2.55. The molecule has 0 aliphatic heterocycles. The topological polar surface area (TPSA) is 26.0 Å². The van der Waals surface area contributed by atoms with Gasteiger partial charge >= 0.3 is 0 Å². The van der Waals surface area contributed by atoms with Crippen molar-refractivity contribution in [2.75, 3.05) is 7.11 Å². The summed E-state index contributed by atoms with van der Waals surface area (Å²) in [5, 5.41) is 0. The molecule has 0 saturated heterocycles. The minimum atomic E-state index is 0. The van der Waals surface area contributed by atoms with Crippen LogP contribution in [0.5, 0.6) is 5.75 Å². The summed E-state index contributed by atoms with van der Waals surface area (Å²) in [4.78, 5) is 4.08. The number of aryl methyl sites for hydroxylation is 1. The van der Waals surface area contributed by atoms with Gasteiger partial charge in [0.15, 0.2) is 11.9 Å². The minimum Gasteiger partial charge on any atom is -0.516 e. The van der Waals surface area contributed by atoms with E-state index in [9.17, 15) is 0 Å². The van der Waals surface area contributed by atoms with Crippen molar-refractivity contribution in [1.29, 1.82) is 0 Å². The number of methoxy groups -OCH3 is 1. The van der Waals surface area contributed by atoms with Crippen LogP contribution in [0.25, 0.3) is 22.4 Å². The first-order chi connectivity index (χ1) is 10.3. The van der Waals surface area contributed by atoms with Crippen LogP contribution in [0.2, 0.25) is 0 Å². The fourth-order valence-electron chi connectivity index (χ4n) is 2.36. The van der Waals surface area contributed by atoms with Crippen molar-refractivity contribution in [2.45, 2.75) is 0 Å². The Balaban J connectivity index is 0.00000176. The number of benzene rings is 1. The molecule has 107 valence electrons. The van der Waals surface area contributed by atoms with Crippen LogP contribution in [-0.4, -0.2) is 12.1 Å². The molecule has 0 bridgehead atoms. The summed E-state index contributed by atoms with van der Waals surface area (Å²) in [5.74, 6) is 0.808. The first-order valence-corrected chi connectivity index (χ1v) is 6.68. The molecule has 0 aliphatic carbocycles. The van der Waals surface area contributed by atoms with E-state index in [0.29, 0.717) is 0 Å². The van der Waals surface area contributed by atoms with E-state index in [0.717, 1.165) is 28.1 Å². The predicted octanol–water partition coefficient (Wildman–Crippen LogP) is 2.85. The predicted molar refractivity (Wildman–Crippen MR) is 80.5 cm³/mol. The van der Waals surface area contributed by atoms with E-state index in [1.165, 1.54) is 0 Å². The fraction of sp³-hybridized carbons (Fsp3) is 0.111. The van der Waals surface area contributed by atoms with E-state index in [1.54, 1.807) is 13.3 Å². The quantitative estimate of drug-likeness (QED) is 0.528. The van der Waals surface area contributed by atoms with Crippen LogP contribution in [0.4, 0.5) is 0 Å². The van der Waals surface area contributed by atoms with E-state index >= 15 is 0 Å². The molecule has 2 aromatic heterocycles. The summed E-state index contributed by atoms with van der Waals surface area (Å²) in [6.07, 6.45) is 6.75. The third-order valence-corrected chi connectivity index (χ3v) is 3.37. The normalized spacial score (nSPS) is 9.91. The van der Waals surface area contributed by atoms with Crippen LogP contribution >= 0.6 is 0 Å². The SMILES string of the molecule is COc1cc[c-]c(-c2[c-]nccc2)c1-c1cccc[n+]1C.[Y]. The van der Waals surface area contributed by atoms with E-state index < -0.39 is 0 Å². The second-order valence-corrected chi connectivity index (χ2v) is 4.66. The maximum absolute atomic E-state index is 5.55. The molecule has 1 aromatic carbocycles. The average molecular weight is 364 g/mol. The second-order valence-electron chi connectivity index (χ2n) is 4.66. The number of pyridine rings is 2. The van der Waals surface area contributed by atoms with Crippen LogP contribution in [0.15, 0.2) is 54.9 Å². The van der Waals surface area contributed by atoms with Crippen LogP contribution in [0, 0.1) is 12.3 Å². The Bertz CT molecular complexity index is 760. The molecule has 3 aromatic rings. The molecule has 3 nitrogen and oxygen atoms in total. The van der Waals surface area contributed by atoms with Gasteiger partial charge < -0.3 is 9.72 Å². The van der Waals surface area contributed by atoms with Crippen molar-refractivity contribution in [2.24, 2.45) is 7.05 Å². The zero-order valence-electron chi connectivity index (χ0n) is 12.6. The fourth-order valence-corrected chi connectivity index (χ4v) is 2.36. The minimum absolute atomic E-state index is 0. The Morgan fingerprint density at radius 2 is 2.00 bits per heavy atom. The van der Waals surface area contributed by atoms with Crippen LogP contribution in [0.3, 0.4) is 0 Å². The number of aromatic nitrogens is 2. The smallest absolute Gasteiger partial charge is 0.168 e. The van der Waals surface area contributed by atoms with E-state index in [4.69, 9.17) is 4.74 Å². The van der Waals surface area contributed by atoms with Crippen molar-refractivity contribution in [3.63, 3.8) is 0 Å². The van der Waals surface area contributed by atoms with Gasteiger partial charge in [0.25, 0.3) is 0 Å². The summed E-state index contributed by atoms with van der Waals surface area (Å²) in [6.45, 7) is 0. The molecule has 3 rings (SSSR count). The van der Waals surface area contributed by atoms with Gasteiger partial charge in [0, 0.05) is 44.5 Å². The molecule has 0 aliphatic rings. The van der Waals surface area contributed by atoms with Gasteiger partial charge in [-0.25, -0.2) is 15.7 Å². The van der Waals surface area contributed by atoms with Crippen LogP contribution in [0.1, 0.15) is 0 Å². The molecular formula is C18H15N2OY-. The van der Waals surface area contributed by atoms with Crippen molar-refractivity contribution >= 4 is 0 Å². The van der Waals surface area contributed by atoms with Crippen molar-refractivity contribution in [3.05, 3.63) is 67.1 Å². The molecule has 0 amide bonds. The zero-order chi connectivity index (χ0) is 14.7. The van der Waals surface area contributed by atoms with Gasteiger partial charge in [0.1, 0.15) is 7.05 Å². The van der Waals surface area contributed by atoms with E-state index in [2.05, 4.69) is 27.9 Å². The molecule has 2 heterocycles. The van der Waals surface area contributed by atoms with Crippen LogP contribution in [-0.2, 0) is 39.8 Å². The monoisotopic (exact) mass is 364 g/mol. The molecular weight excluding hydrogens is 349 g/mol. The van der Waals surface area contributed by atoms with Gasteiger partial charge in [-0.15, -0.1) is 12.1 Å². The summed E-state index contributed by atoms with van der Waals surface area (Å²) in [5.41, 5.74) is 3.88. The number of ether oxygens (including phenoxy) is 1. The summed E-state index contributed by atoms with van der Waals surface area (Å²) >= 11 is 0. The van der Waals surface area contributed by atoms with Crippen molar-refractivity contribution in [3.8, 4) is 28.1 Å².